The molecular weight excluding hydrogens is 246 g/mol. The Morgan fingerprint density at radius 3 is 2.50 bits per heavy atom. The molecule has 0 bridgehead atoms. The van der Waals surface area contributed by atoms with Crippen LogP contribution in [0.15, 0.2) is 30.3 Å². The predicted molar refractivity (Wildman–Crippen MR) is 83.0 cm³/mol. The molecule has 3 rings (SSSR count). The van der Waals surface area contributed by atoms with Crippen molar-refractivity contribution >= 4 is 5.82 Å². The number of benzene rings is 1. The minimum absolute atomic E-state index is 0.551. The Morgan fingerprint density at radius 1 is 1.15 bits per heavy atom. The van der Waals surface area contributed by atoms with Crippen molar-refractivity contribution in [2.45, 2.75) is 39.0 Å². The normalized spacial score (nSPS) is 14.9. The summed E-state index contributed by atoms with van der Waals surface area (Å²) < 4.78 is 0. The molecule has 0 saturated heterocycles. The monoisotopic (exact) mass is 267 g/mol. The van der Waals surface area contributed by atoms with Crippen LogP contribution in [0.2, 0.25) is 0 Å². The molecular formula is C17H21N3. The summed E-state index contributed by atoms with van der Waals surface area (Å²) in [5, 5.41) is 3.38. The van der Waals surface area contributed by atoms with Gasteiger partial charge in [0.2, 0.25) is 0 Å². The number of nitrogens with zero attached hydrogens (tertiary/aromatic N) is 2. The standard InChI is InChI=1S/C17H21N3/c1-3-18-16-12(2)15(13-8-5-4-6-9-13)19-17(20-16)14-10-7-11-14/h4-6,8-9,14H,3,7,10-11H2,1-2H3,(H,18,19,20). The lowest BCUT2D eigenvalue weighted by atomic mass is 9.84. The average molecular weight is 267 g/mol. The first kappa shape index (κ1) is 13.1. The Morgan fingerprint density at radius 2 is 1.90 bits per heavy atom. The van der Waals surface area contributed by atoms with Gasteiger partial charge in [-0.15, -0.1) is 0 Å². The molecule has 3 nitrogen and oxygen atoms in total. The summed E-state index contributed by atoms with van der Waals surface area (Å²) in [6.45, 7) is 5.09. The molecule has 1 aromatic carbocycles. The number of hydrogen-bond donors (Lipinski definition) is 1. The quantitative estimate of drug-likeness (QED) is 0.904. The van der Waals surface area contributed by atoms with Crippen LogP contribution in [0.1, 0.15) is 43.5 Å². The molecule has 1 aliphatic rings. The van der Waals surface area contributed by atoms with E-state index in [1.54, 1.807) is 0 Å². The average Bonchev–Trinajstić information content (AvgIpc) is 2.41. The van der Waals surface area contributed by atoms with Crippen molar-refractivity contribution in [2.75, 3.05) is 11.9 Å². The van der Waals surface area contributed by atoms with Crippen molar-refractivity contribution in [1.82, 2.24) is 9.97 Å². The Labute approximate surface area is 120 Å². The molecule has 0 atom stereocenters. The zero-order valence-electron chi connectivity index (χ0n) is 12.2. The first-order chi connectivity index (χ1) is 9.79. The molecule has 2 aromatic rings. The summed E-state index contributed by atoms with van der Waals surface area (Å²) in [5.41, 5.74) is 3.38. The van der Waals surface area contributed by atoms with E-state index in [-0.39, 0.29) is 0 Å². The van der Waals surface area contributed by atoms with Gasteiger partial charge in [0, 0.05) is 23.6 Å². The van der Waals surface area contributed by atoms with Gasteiger partial charge in [-0.05, 0) is 26.7 Å². The smallest absolute Gasteiger partial charge is 0.134 e. The molecule has 1 heterocycles. The molecule has 1 aliphatic carbocycles. The molecule has 0 spiro atoms. The van der Waals surface area contributed by atoms with Crippen molar-refractivity contribution in [3.8, 4) is 11.3 Å². The highest BCUT2D eigenvalue weighted by Gasteiger charge is 2.24. The maximum atomic E-state index is 4.86. The van der Waals surface area contributed by atoms with Crippen LogP contribution in [0.4, 0.5) is 5.82 Å². The number of nitrogens with one attached hydrogen (secondary N) is 1. The van der Waals surface area contributed by atoms with Crippen molar-refractivity contribution in [3.05, 3.63) is 41.7 Å². The van der Waals surface area contributed by atoms with Gasteiger partial charge in [0.1, 0.15) is 11.6 Å². The molecule has 1 fully saturated rings. The largest absolute Gasteiger partial charge is 0.370 e. The third kappa shape index (κ3) is 2.40. The fourth-order valence-corrected chi connectivity index (χ4v) is 2.60. The highest BCUT2D eigenvalue weighted by atomic mass is 15.0. The summed E-state index contributed by atoms with van der Waals surface area (Å²) in [5.74, 6) is 2.55. The van der Waals surface area contributed by atoms with E-state index in [0.717, 1.165) is 29.4 Å². The van der Waals surface area contributed by atoms with Gasteiger partial charge in [0.25, 0.3) is 0 Å². The van der Waals surface area contributed by atoms with Crippen molar-refractivity contribution in [1.29, 1.82) is 0 Å². The molecule has 1 saturated carbocycles. The summed E-state index contributed by atoms with van der Waals surface area (Å²) in [7, 11) is 0. The molecule has 1 aromatic heterocycles. The lowest BCUT2D eigenvalue weighted by Crippen LogP contribution is -2.15. The molecule has 3 heteroatoms. The predicted octanol–water partition coefficient (Wildman–Crippen LogP) is 4.15. The van der Waals surface area contributed by atoms with E-state index < -0.39 is 0 Å². The van der Waals surface area contributed by atoms with Gasteiger partial charge in [-0.25, -0.2) is 9.97 Å². The molecule has 0 amide bonds. The van der Waals surface area contributed by atoms with Crippen LogP contribution in [0.5, 0.6) is 0 Å². The SMILES string of the molecule is CCNc1nc(C2CCC2)nc(-c2ccccc2)c1C. The highest BCUT2D eigenvalue weighted by molar-refractivity contribution is 5.68. The second kappa shape index (κ2) is 5.61. The van der Waals surface area contributed by atoms with Gasteiger partial charge in [0.05, 0.1) is 5.69 Å². The minimum atomic E-state index is 0.551. The fraction of sp³-hybridized carbons (Fsp3) is 0.412. The summed E-state index contributed by atoms with van der Waals surface area (Å²) in [4.78, 5) is 9.60. The lowest BCUT2D eigenvalue weighted by Gasteiger charge is -2.25. The molecule has 0 aliphatic heterocycles. The Hall–Kier alpha value is -1.90. The van der Waals surface area contributed by atoms with E-state index >= 15 is 0 Å². The fourth-order valence-electron chi connectivity index (χ4n) is 2.60. The van der Waals surface area contributed by atoms with E-state index in [9.17, 15) is 0 Å². The van der Waals surface area contributed by atoms with Crippen molar-refractivity contribution in [3.63, 3.8) is 0 Å². The Kier molecular flexibility index (Phi) is 3.68. The van der Waals surface area contributed by atoms with Crippen LogP contribution in [0.25, 0.3) is 11.3 Å². The molecule has 0 unspecified atom stereocenters. The van der Waals surface area contributed by atoms with Gasteiger partial charge < -0.3 is 5.32 Å². The van der Waals surface area contributed by atoms with E-state index in [1.165, 1.54) is 24.8 Å². The summed E-state index contributed by atoms with van der Waals surface area (Å²) >= 11 is 0. The van der Waals surface area contributed by atoms with Crippen molar-refractivity contribution in [2.24, 2.45) is 0 Å². The van der Waals surface area contributed by atoms with E-state index in [2.05, 4.69) is 43.4 Å². The van der Waals surface area contributed by atoms with Crippen LogP contribution in [-0.2, 0) is 0 Å². The molecule has 104 valence electrons. The molecule has 0 radical (unpaired) electrons. The summed E-state index contributed by atoms with van der Waals surface area (Å²) in [6.07, 6.45) is 3.75. The lowest BCUT2D eigenvalue weighted by molar-refractivity contribution is 0.402. The molecule has 1 N–H and O–H groups in total. The second-order valence-electron chi connectivity index (χ2n) is 5.43. The number of aromatic nitrogens is 2. The van der Waals surface area contributed by atoms with Gasteiger partial charge >= 0.3 is 0 Å². The topological polar surface area (TPSA) is 37.8 Å². The Bertz CT molecular complexity index is 589. The number of rotatable bonds is 4. The first-order valence-electron chi connectivity index (χ1n) is 7.47. The molecule has 20 heavy (non-hydrogen) atoms. The Balaban J connectivity index is 2.09. The maximum absolute atomic E-state index is 4.86. The van der Waals surface area contributed by atoms with Crippen LogP contribution >= 0.6 is 0 Å². The first-order valence-corrected chi connectivity index (χ1v) is 7.47. The van der Waals surface area contributed by atoms with Gasteiger partial charge in [-0.2, -0.15) is 0 Å². The highest BCUT2D eigenvalue weighted by Crippen LogP contribution is 2.37. The van der Waals surface area contributed by atoms with E-state index in [1.807, 2.05) is 6.07 Å². The minimum Gasteiger partial charge on any atom is -0.370 e. The van der Waals surface area contributed by atoms with Crippen LogP contribution in [-0.4, -0.2) is 16.5 Å². The van der Waals surface area contributed by atoms with Gasteiger partial charge in [0.15, 0.2) is 0 Å². The zero-order valence-corrected chi connectivity index (χ0v) is 12.2. The van der Waals surface area contributed by atoms with Crippen LogP contribution in [0, 0.1) is 6.92 Å². The zero-order chi connectivity index (χ0) is 13.9. The third-order valence-corrected chi connectivity index (χ3v) is 4.02. The van der Waals surface area contributed by atoms with Crippen LogP contribution in [0.3, 0.4) is 0 Å². The number of hydrogen-bond acceptors (Lipinski definition) is 3. The van der Waals surface area contributed by atoms with Gasteiger partial charge in [-0.3, -0.25) is 0 Å². The summed E-state index contributed by atoms with van der Waals surface area (Å²) in [6, 6.07) is 10.4. The second-order valence-corrected chi connectivity index (χ2v) is 5.43. The maximum Gasteiger partial charge on any atom is 0.134 e. The third-order valence-electron chi connectivity index (χ3n) is 4.02. The van der Waals surface area contributed by atoms with Crippen LogP contribution < -0.4 is 5.32 Å². The van der Waals surface area contributed by atoms with E-state index in [0.29, 0.717) is 5.92 Å². The number of anilines is 1. The van der Waals surface area contributed by atoms with E-state index in [4.69, 9.17) is 9.97 Å². The van der Waals surface area contributed by atoms with Gasteiger partial charge in [-0.1, -0.05) is 36.8 Å². The van der Waals surface area contributed by atoms with Crippen molar-refractivity contribution < 1.29 is 0 Å².